The third-order valence-electron chi connectivity index (χ3n) is 2.43. The van der Waals surface area contributed by atoms with Gasteiger partial charge in [0.05, 0.1) is 5.69 Å². The molecule has 0 atom stereocenters. The van der Waals surface area contributed by atoms with Crippen molar-refractivity contribution in [3.63, 3.8) is 0 Å². The smallest absolute Gasteiger partial charge is 0.248 e. The topological polar surface area (TPSA) is 29.1 Å². The third-order valence-corrected chi connectivity index (χ3v) is 3.37. The number of hydrogen-bond acceptors (Lipinski definition) is 1. The highest BCUT2D eigenvalue weighted by Crippen LogP contribution is 2.21. The predicted molar refractivity (Wildman–Crippen MR) is 83.3 cm³/mol. The lowest BCUT2D eigenvalue weighted by molar-refractivity contribution is -0.111. The van der Waals surface area contributed by atoms with Gasteiger partial charge in [-0.25, -0.2) is 0 Å². The van der Waals surface area contributed by atoms with Crippen molar-refractivity contribution in [3.8, 4) is 0 Å². The van der Waals surface area contributed by atoms with Gasteiger partial charge < -0.3 is 5.32 Å². The molecule has 0 saturated heterocycles. The Labute approximate surface area is 125 Å². The van der Waals surface area contributed by atoms with Crippen LogP contribution in [0.25, 0.3) is 6.08 Å². The Morgan fingerprint density at radius 2 is 1.79 bits per heavy atom. The fraction of sp³-hybridized carbons (Fsp3) is 0. The molecule has 2 nitrogen and oxygen atoms in total. The highest BCUT2D eigenvalue weighted by Gasteiger charge is 2.01. The number of nitrogens with one attached hydrogen (secondary N) is 1. The molecule has 0 bridgehead atoms. The summed E-state index contributed by atoms with van der Waals surface area (Å²) in [6.07, 6.45) is 3.23. The van der Waals surface area contributed by atoms with Crippen molar-refractivity contribution in [2.45, 2.75) is 0 Å². The Hall–Kier alpha value is -1.58. The summed E-state index contributed by atoms with van der Waals surface area (Å²) < 4.78 is 0.850. The summed E-state index contributed by atoms with van der Waals surface area (Å²) in [6.45, 7) is 0. The lowest BCUT2D eigenvalue weighted by atomic mass is 10.2. The van der Waals surface area contributed by atoms with Crippen LogP contribution in [-0.4, -0.2) is 5.91 Å². The Morgan fingerprint density at radius 3 is 2.47 bits per heavy atom. The van der Waals surface area contributed by atoms with Gasteiger partial charge in [0.15, 0.2) is 0 Å². The molecule has 1 amide bonds. The summed E-state index contributed by atoms with van der Waals surface area (Å²) in [6, 6.07) is 14.7. The molecule has 96 valence electrons. The number of carbonyl (C=O) groups is 1. The van der Waals surface area contributed by atoms with Gasteiger partial charge in [0, 0.05) is 15.6 Å². The van der Waals surface area contributed by atoms with Gasteiger partial charge in [-0.3, -0.25) is 4.79 Å². The summed E-state index contributed by atoms with van der Waals surface area (Å²) in [5, 5.41) is 3.47. The zero-order valence-corrected chi connectivity index (χ0v) is 12.3. The van der Waals surface area contributed by atoms with Crippen LogP contribution in [0, 0.1) is 0 Å². The maximum atomic E-state index is 11.8. The van der Waals surface area contributed by atoms with E-state index < -0.39 is 0 Å². The molecule has 0 spiro atoms. The van der Waals surface area contributed by atoms with E-state index in [4.69, 9.17) is 11.6 Å². The quantitative estimate of drug-likeness (QED) is 0.805. The van der Waals surface area contributed by atoms with Crippen LogP contribution in [0.15, 0.2) is 59.1 Å². The molecule has 0 aliphatic rings. The minimum Gasteiger partial charge on any atom is -0.321 e. The van der Waals surface area contributed by atoms with Crippen molar-refractivity contribution >= 4 is 45.2 Å². The number of carbonyl (C=O) groups excluding carboxylic acids is 1. The van der Waals surface area contributed by atoms with E-state index in [-0.39, 0.29) is 5.91 Å². The molecule has 0 unspecified atom stereocenters. The molecule has 0 aliphatic heterocycles. The third kappa shape index (κ3) is 4.23. The molecule has 0 fully saturated rings. The molecular weight excluding hydrogens is 326 g/mol. The highest BCUT2D eigenvalue weighted by atomic mass is 79.9. The molecule has 19 heavy (non-hydrogen) atoms. The predicted octanol–water partition coefficient (Wildman–Crippen LogP) is 4.75. The zero-order chi connectivity index (χ0) is 13.7. The summed E-state index contributed by atoms with van der Waals surface area (Å²) in [4.78, 5) is 11.8. The lowest BCUT2D eigenvalue weighted by Gasteiger charge is -2.03. The number of benzene rings is 2. The molecule has 2 rings (SSSR count). The van der Waals surface area contributed by atoms with Crippen molar-refractivity contribution < 1.29 is 4.79 Å². The first-order chi connectivity index (χ1) is 9.15. The normalized spacial score (nSPS) is 10.6. The number of rotatable bonds is 3. The molecule has 0 aliphatic carbocycles. The fourth-order valence-electron chi connectivity index (χ4n) is 1.48. The van der Waals surface area contributed by atoms with Crippen LogP contribution in [0.5, 0.6) is 0 Å². The number of amides is 1. The van der Waals surface area contributed by atoms with Crippen LogP contribution in [-0.2, 0) is 4.79 Å². The lowest BCUT2D eigenvalue weighted by Crippen LogP contribution is -2.07. The zero-order valence-electron chi connectivity index (χ0n) is 9.94. The van der Waals surface area contributed by atoms with E-state index in [0.717, 1.165) is 15.7 Å². The second-order valence-electron chi connectivity index (χ2n) is 3.85. The first kappa shape index (κ1) is 13.8. The molecule has 0 heterocycles. The van der Waals surface area contributed by atoms with Crippen molar-refractivity contribution in [1.82, 2.24) is 0 Å². The van der Waals surface area contributed by atoms with Crippen molar-refractivity contribution in [2.75, 3.05) is 5.32 Å². The Kier molecular flexibility index (Phi) is 4.77. The number of halogens is 2. The van der Waals surface area contributed by atoms with E-state index in [1.807, 2.05) is 36.4 Å². The van der Waals surface area contributed by atoms with Crippen molar-refractivity contribution in [3.05, 3.63) is 69.7 Å². The van der Waals surface area contributed by atoms with E-state index in [1.165, 1.54) is 6.08 Å². The van der Waals surface area contributed by atoms with Gasteiger partial charge in [-0.15, -0.1) is 0 Å². The van der Waals surface area contributed by atoms with Crippen LogP contribution >= 0.6 is 27.5 Å². The molecule has 1 N–H and O–H groups in total. The first-order valence-electron chi connectivity index (χ1n) is 5.64. The minimum atomic E-state index is -0.179. The van der Waals surface area contributed by atoms with Gasteiger partial charge in [-0.1, -0.05) is 35.9 Å². The summed E-state index contributed by atoms with van der Waals surface area (Å²) in [7, 11) is 0. The van der Waals surface area contributed by atoms with Gasteiger partial charge in [0.25, 0.3) is 0 Å². The van der Waals surface area contributed by atoms with Crippen LogP contribution in [0.1, 0.15) is 5.56 Å². The van der Waals surface area contributed by atoms with Gasteiger partial charge in [0.2, 0.25) is 5.91 Å². The van der Waals surface area contributed by atoms with Crippen LogP contribution in [0.3, 0.4) is 0 Å². The average molecular weight is 337 g/mol. The van der Waals surface area contributed by atoms with Crippen LogP contribution in [0.4, 0.5) is 5.69 Å². The maximum Gasteiger partial charge on any atom is 0.248 e. The van der Waals surface area contributed by atoms with E-state index in [0.29, 0.717) is 5.02 Å². The summed E-state index contributed by atoms with van der Waals surface area (Å²) in [5.41, 5.74) is 1.67. The Morgan fingerprint density at radius 1 is 1.11 bits per heavy atom. The molecule has 0 radical (unpaired) electrons. The summed E-state index contributed by atoms with van der Waals surface area (Å²) >= 11 is 9.17. The minimum absolute atomic E-state index is 0.179. The number of para-hydroxylation sites is 1. The summed E-state index contributed by atoms with van der Waals surface area (Å²) in [5.74, 6) is -0.179. The maximum absolute atomic E-state index is 11.8. The van der Waals surface area contributed by atoms with Gasteiger partial charge >= 0.3 is 0 Å². The average Bonchev–Trinajstić information content (AvgIpc) is 2.41. The van der Waals surface area contributed by atoms with Crippen molar-refractivity contribution in [2.24, 2.45) is 0 Å². The molecule has 2 aromatic rings. The largest absolute Gasteiger partial charge is 0.321 e. The molecule has 2 aromatic carbocycles. The number of anilines is 1. The van der Waals surface area contributed by atoms with Crippen LogP contribution < -0.4 is 5.32 Å². The standard InChI is InChI=1S/C15H11BrClNO/c16-13-3-1-2-4-14(13)18-15(19)10-7-11-5-8-12(17)9-6-11/h1-10H,(H,18,19)/b10-7+. The van der Waals surface area contributed by atoms with Crippen molar-refractivity contribution in [1.29, 1.82) is 0 Å². The second kappa shape index (κ2) is 6.55. The highest BCUT2D eigenvalue weighted by molar-refractivity contribution is 9.10. The molecule has 4 heteroatoms. The van der Waals surface area contributed by atoms with E-state index in [1.54, 1.807) is 18.2 Å². The SMILES string of the molecule is O=C(/C=C/c1ccc(Cl)cc1)Nc1ccccc1Br. The second-order valence-corrected chi connectivity index (χ2v) is 5.14. The molecular formula is C15H11BrClNO. The van der Waals surface area contributed by atoms with Crippen LogP contribution in [0.2, 0.25) is 5.02 Å². The Bertz CT molecular complexity index is 608. The number of hydrogen-bond donors (Lipinski definition) is 1. The first-order valence-corrected chi connectivity index (χ1v) is 6.81. The molecule has 0 aromatic heterocycles. The van der Waals surface area contributed by atoms with E-state index in [2.05, 4.69) is 21.2 Å². The fourth-order valence-corrected chi connectivity index (χ4v) is 1.99. The van der Waals surface area contributed by atoms with E-state index >= 15 is 0 Å². The molecule has 0 saturated carbocycles. The Balaban J connectivity index is 2.02. The van der Waals surface area contributed by atoms with Gasteiger partial charge in [0.1, 0.15) is 0 Å². The van der Waals surface area contributed by atoms with Gasteiger partial charge in [-0.2, -0.15) is 0 Å². The monoisotopic (exact) mass is 335 g/mol. The van der Waals surface area contributed by atoms with Gasteiger partial charge in [-0.05, 0) is 51.8 Å². The van der Waals surface area contributed by atoms with E-state index in [9.17, 15) is 4.79 Å².